The topological polar surface area (TPSA) is 41.1 Å². The van der Waals surface area contributed by atoms with Gasteiger partial charge in [0.25, 0.3) is 0 Å². The van der Waals surface area contributed by atoms with Crippen LogP contribution in [0.15, 0.2) is 60.7 Å². The van der Waals surface area contributed by atoms with Crippen LogP contribution in [0.2, 0.25) is 0 Å². The lowest BCUT2D eigenvalue weighted by molar-refractivity contribution is 0.843. The predicted octanol–water partition coefficient (Wildman–Crippen LogP) is 5.04. The number of hydrogen-bond donors (Lipinski definition) is 1. The average Bonchev–Trinajstić information content (AvgIpc) is 2.63. The predicted molar refractivity (Wildman–Crippen MR) is 105 cm³/mol. The van der Waals surface area contributed by atoms with Gasteiger partial charge in [-0.1, -0.05) is 42.5 Å². The van der Waals surface area contributed by atoms with Crippen LogP contribution in [0, 0.1) is 6.92 Å². The zero-order valence-electron chi connectivity index (χ0n) is 15.0. The molecule has 0 bridgehead atoms. The molecule has 0 radical (unpaired) electrons. The first-order valence-corrected chi connectivity index (χ1v) is 8.72. The van der Waals surface area contributed by atoms with Gasteiger partial charge in [0.15, 0.2) is 0 Å². The SMILES string of the molecule is CCN(CC)c1cc(-c2ccccc2)nc(Nc2cccc(C)c2)n1. The van der Waals surface area contributed by atoms with Crippen molar-refractivity contribution in [3.8, 4) is 11.3 Å². The number of aromatic nitrogens is 2. The molecule has 25 heavy (non-hydrogen) atoms. The molecule has 128 valence electrons. The highest BCUT2D eigenvalue weighted by atomic mass is 15.2. The van der Waals surface area contributed by atoms with Crippen LogP contribution in [0.5, 0.6) is 0 Å². The summed E-state index contributed by atoms with van der Waals surface area (Å²) in [5.41, 5.74) is 4.21. The van der Waals surface area contributed by atoms with Crippen molar-refractivity contribution in [3.05, 3.63) is 66.2 Å². The van der Waals surface area contributed by atoms with E-state index in [0.29, 0.717) is 5.95 Å². The maximum absolute atomic E-state index is 4.73. The van der Waals surface area contributed by atoms with Gasteiger partial charge in [-0.15, -0.1) is 0 Å². The van der Waals surface area contributed by atoms with Gasteiger partial charge in [0.05, 0.1) is 5.69 Å². The number of hydrogen-bond acceptors (Lipinski definition) is 4. The average molecular weight is 332 g/mol. The first-order chi connectivity index (χ1) is 12.2. The molecular weight excluding hydrogens is 308 g/mol. The Morgan fingerprint density at radius 1 is 0.880 bits per heavy atom. The summed E-state index contributed by atoms with van der Waals surface area (Å²) in [5, 5.41) is 3.35. The van der Waals surface area contributed by atoms with Gasteiger partial charge >= 0.3 is 0 Å². The van der Waals surface area contributed by atoms with E-state index in [1.807, 2.05) is 30.3 Å². The highest BCUT2D eigenvalue weighted by Gasteiger charge is 2.11. The van der Waals surface area contributed by atoms with Gasteiger partial charge in [-0.05, 0) is 38.5 Å². The molecule has 0 spiro atoms. The number of anilines is 3. The minimum atomic E-state index is 0.619. The molecule has 0 aliphatic heterocycles. The second-order valence-corrected chi connectivity index (χ2v) is 5.97. The molecule has 4 heteroatoms. The third-order valence-corrected chi connectivity index (χ3v) is 4.14. The molecule has 0 fully saturated rings. The summed E-state index contributed by atoms with van der Waals surface area (Å²) in [4.78, 5) is 11.7. The summed E-state index contributed by atoms with van der Waals surface area (Å²) >= 11 is 0. The molecule has 1 heterocycles. The number of rotatable bonds is 6. The van der Waals surface area contributed by atoms with Crippen LogP contribution in [0.1, 0.15) is 19.4 Å². The van der Waals surface area contributed by atoms with E-state index in [2.05, 4.69) is 61.3 Å². The Hall–Kier alpha value is -2.88. The Kier molecular flexibility index (Phi) is 5.29. The van der Waals surface area contributed by atoms with Gasteiger partial charge < -0.3 is 10.2 Å². The lowest BCUT2D eigenvalue weighted by Gasteiger charge is -2.21. The van der Waals surface area contributed by atoms with Gasteiger partial charge in [-0.3, -0.25) is 0 Å². The van der Waals surface area contributed by atoms with Crippen LogP contribution in [-0.4, -0.2) is 23.1 Å². The number of nitrogens with zero attached hydrogens (tertiary/aromatic N) is 3. The lowest BCUT2D eigenvalue weighted by atomic mass is 10.1. The van der Waals surface area contributed by atoms with Crippen molar-refractivity contribution < 1.29 is 0 Å². The summed E-state index contributed by atoms with van der Waals surface area (Å²) in [6, 6.07) is 20.5. The molecule has 4 nitrogen and oxygen atoms in total. The first kappa shape index (κ1) is 17.0. The molecular formula is C21H24N4. The van der Waals surface area contributed by atoms with E-state index in [4.69, 9.17) is 9.97 Å². The van der Waals surface area contributed by atoms with Crippen molar-refractivity contribution in [3.63, 3.8) is 0 Å². The van der Waals surface area contributed by atoms with Crippen molar-refractivity contribution in [2.45, 2.75) is 20.8 Å². The molecule has 1 aromatic heterocycles. The van der Waals surface area contributed by atoms with Gasteiger partial charge in [-0.2, -0.15) is 4.98 Å². The van der Waals surface area contributed by atoms with Crippen LogP contribution in [0.3, 0.4) is 0 Å². The van der Waals surface area contributed by atoms with E-state index in [1.165, 1.54) is 5.56 Å². The first-order valence-electron chi connectivity index (χ1n) is 8.72. The molecule has 0 saturated carbocycles. The summed E-state index contributed by atoms with van der Waals surface area (Å²) in [6.07, 6.45) is 0. The van der Waals surface area contributed by atoms with Crippen molar-refractivity contribution in [1.29, 1.82) is 0 Å². The zero-order chi connectivity index (χ0) is 17.6. The number of aryl methyl sites for hydroxylation is 1. The molecule has 1 N–H and O–H groups in total. The molecule has 3 rings (SSSR count). The lowest BCUT2D eigenvalue weighted by Crippen LogP contribution is -2.23. The third kappa shape index (κ3) is 4.15. The highest BCUT2D eigenvalue weighted by Crippen LogP contribution is 2.25. The zero-order valence-corrected chi connectivity index (χ0v) is 15.0. The number of benzene rings is 2. The van der Waals surface area contributed by atoms with Crippen molar-refractivity contribution in [2.24, 2.45) is 0 Å². The minimum absolute atomic E-state index is 0.619. The quantitative estimate of drug-likeness (QED) is 0.686. The van der Waals surface area contributed by atoms with E-state index in [9.17, 15) is 0 Å². The maximum atomic E-state index is 4.73. The van der Waals surface area contributed by atoms with E-state index < -0.39 is 0 Å². The second kappa shape index (κ2) is 7.79. The van der Waals surface area contributed by atoms with E-state index in [-0.39, 0.29) is 0 Å². The van der Waals surface area contributed by atoms with E-state index in [0.717, 1.165) is 35.9 Å². The summed E-state index contributed by atoms with van der Waals surface area (Å²) in [5.74, 6) is 1.56. The summed E-state index contributed by atoms with van der Waals surface area (Å²) in [7, 11) is 0. The normalized spacial score (nSPS) is 10.5. The van der Waals surface area contributed by atoms with Crippen molar-refractivity contribution in [2.75, 3.05) is 23.3 Å². The Balaban J connectivity index is 2.03. The Bertz CT molecular complexity index is 826. The second-order valence-electron chi connectivity index (χ2n) is 5.97. The van der Waals surface area contributed by atoms with Gasteiger partial charge in [0.1, 0.15) is 5.82 Å². The molecule has 0 aliphatic rings. The Morgan fingerprint density at radius 3 is 2.32 bits per heavy atom. The summed E-state index contributed by atoms with van der Waals surface area (Å²) < 4.78 is 0. The molecule has 3 aromatic rings. The van der Waals surface area contributed by atoms with Gasteiger partial charge in [0.2, 0.25) is 5.95 Å². The fourth-order valence-electron chi connectivity index (χ4n) is 2.81. The van der Waals surface area contributed by atoms with Crippen LogP contribution in [-0.2, 0) is 0 Å². The number of nitrogens with one attached hydrogen (secondary N) is 1. The molecule has 0 unspecified atom stereocenters. The smallest absolute Gasteiger partial charge is 0.229 e. The molecule has 0 aliphatic carbocycles. The van der Waals surface area contributed by atoms with Crippen LogP contribution in [0.25, 0.3) is 11.3 Å². The van der Waals surface area contributed by atoms with Crippen molar-refractivity contribution in [1.82, 2.24) is 9.97 Å². The maximum Gasteiger partial charge on any atom is 0.229 e. The Morgan fingerprint density at radius 2 is 1.64 bits per heavy atom. The van der Waals surface area contributed by atoms with Gasteiger partial charge in [-0.25, -0.2) is 4.98 Å². The highest BCUT2D eigenvalue weighted by molar-refractivity contribution is 5.66. The van der Waals surface area contributed by atoms with E-state index >= 15 is 0 Å². The monoisotopic (exact) mass is 332 g/mol. The molecule has 0 amide bonds. The Labute approximate surface area is 149 Å². The van der Waals surface area contributed by atoms with Crippen LogP contribution in [0.4, 0.5) is 17.5 Å². The van der Waals surface area contributed by atoms with Crippen LogP contribution < -0.4 is 10.2 Å². The fraction of sp³-hybridized carbons (Fsp3) is 0.238. The standard InChI is InChI=1S/C21H24N4/c1-4-25(5-2)20-15-19(17-11-7-6-8-12-17)23-21(24-20)22-18-13-9-10-16(3)14-18/h6-15H,4-5H2,1-3H3,(H,22,23,24). The van der Waals surface area contributed by atoms with Crippen molar-refractivity contribution >= 4 is 17.5 Å². The largest absolute Gasteiger partial charge is 0.357 e. The molecule has 0 saturated heterocycles. The minimum Gasteiger partial charge on any atom is -0.357 e. The summed E-state index contributed by atoms with van der Waals surface area (Å²) in [6.45, 7) is 8.17. The molecule has 0 atom stereocenters. The molecule has 2 aromatic carbocycles. The fourth-order valence-corrected chi connectivity index (χ4v) is 2.81. The van der Waals surface area contributed by atoms with E-state index in [1.54, 1.807) is 0 Å². The van der Waals surface area contributed by atoms with Gasteiger partial charge in [0, 0.05) is 30.4 Å². The third-order valence-electron chi connectivity index (χ3n) is 4.14. The van der Waals surface area contributed by atoms with Crippen LogP contribution >= 0.6 is 0 Å².